The van der Waals surface area contributed by atoms with E-state index in [1.807, 2.05) is 36.4 Å². The molecule has 0 spiro atoms. The Bertz CT molecular complexity index is 1310. The summed E-state index contributed by atoms with van der Waals surface area (Å²) >= 11 is 0. The van der Waals surface area contributed by atoms with Gasteiger partial charge >= 0.3 is 0 Å². The molecule has 8 heteroatoms. The molecule has 4 rings (SSSR count). The van der Waals surface area contributed by atoms with Gasteiger partial charge in [-0.3, -0.25) is 4.79 Å². The molecule has 4 aromatic rings. The number of oxazole rings is 1. The zero-order valence-corrected chi connectivity index (χ0v) is 21.4. The number of amides is 1. The van der Waals surface area contributed by atoms with Crippen LogP contribution in [-0.4, -0.2) is 34.6 Å². The molecule has 200 valence electrons. The van der Waals surface area contributed by atoms with Crippen molar-refractivity contribution < 1.29 is 18.7 Å². The lowest BCUT2D eigenvalue weighted by atomic mass is 10.00. The maximum Gasteiger partial charge on any atom is 0.237 e. The largest absolute Gasteiger partial charge is 0.438 e. The molecule has 0 radical (unpaired) electrons. The van der Waals surface area contributed by atoms with Crippen LogP contribution in [0.5, 0.6) is 0 Å². The average molecular weight is 519 g/mol. The lowest BCUT2D eigenvalue weighted by molar-refractivity contribution is -0.124. The molecule has 0 saturated heterocycles. The molecule has 0 aliphatic heterocycles. The maximum atomic E-state index is 13.3. The molecule has 0 aliphatic carbocycles. The van der Waals surface area contributed by atoms with Gasteiger partial charge in [-0.15, -0.1) is 0 Å². The normalized spacial score (nSPS) is 13.8. The second kappa shape index (κ2) is 13.3. The van der Waals surface area contributed by atoms with Gasteiger partial charge in [-0.05, 0) is 79.6 Å². The van der Waals surface area contributed by atoms with Crippen molar-refractivity contribution in [3.63, 3.8) is 0 Å². The van der Waals surface area contributed by atoms with Crippen LogP contribution in [0.4, 0.5) is 4.39 Å². The summed E-state index contributed by atoms with van der Waals surface area (Å²) in [6, 6.07) is 20.6. The van der Waals surface area contributed by atoms with Crippen LogP contribution in [0.25, 0.3) is 11.1 Å². The first-order valence-electron chi connectivity index (χ1n) is 13.0. The van der Waals surface area contributed by atoms with Gasteiger partial charge in [0.05, 0.1) is 12.1 Å². The third kappa shape index (κ3) is 7.47. The number of carbonyl (C=O) groups is 1. The number of aromatic nitrogens is 1. The molecule has 38 heavy (non-hydrogen) atoms. The lowest BCUT2D eigenvalue weighted by Crippen LogP contribution is -2.47. The van der Waals surface area contributed by atoms with E-state index in [0.717, 1.165) is 30.4 Å². The van der Waals surface area contributed by atoms with Crippen LogP contribution in [0.2, 0.25) is 0 Å². The molecule has 0 aliphatic rings. The molecule has 7 nitrogen and oxygen atoms in total. The van der Waals surface area contributed by atoms with Gasteiger partial charge in [-0.1, -0.05) is 55.0 Å². The highest BCUT2D eigenvalue weighted by Crippen LogP contribution is 2.26. The van der Waals surface area contributed by atoms with Crippen LogP contribution in [0.1, 0.15) is 54.4 Å². The molecule has 1 aromatic heterocycles. The number of fused-ring (bicyclic) bond motifs is 1. The van der Waals surface area contributed by atoms with Gasteiger partial charge in [-0.25, -0.2) is 9.37 Å². The van der Waals surface area contributed by atoms with Crippen molar-refractivity contribution in [2.45, 2.75) is 56.7 Å². The number of aliphatic hydroxyl groups excluding tert-OH is 1. The Kier molecular flexibility index (Phi) is 9.59. The number of hydrogen-bond acceptors (Lipinski definition) is 6. The van der Waals surface area contributed by atoms with E-state index in [0.29, 0.717) is 36.9 Å². The summed E-state index contributed by atoms with van der Waals surface area (Å²) in [5.74, 6) is -0.551. The molecule has 1 heterocycles. The van der Waals surface area contributed by atoms with E-state index in [-0.39, 0.29) is 17.6 Å². The third-order valence-corrected chi connectivity index (χ3v) is 6.64. The molecule has 3 atom stereocenters. The predicted octanol–water partition coefficient (Wildman–Crippen LogP) is 4.17. The van der Waals surface area contributed by atoms with Gasteiger partial charge in [0, 0.05) is 0 Å². The first-order chi connectivity index (χ1) is 18.4. The van der Waals surface area contributed by atoms with Crippen molar-refractivity contribution in [3.8, 4) is 0 Å². The van der Waals surface area contributed by atoms with Crippen LogP contribution in [0.15, 0.2) is 77.2 Å². The number of nitrogens with zero attached hydrogens (tertiary/aromatic N) is 1. The Morgan fingerprint density at radius 2 is 1.71 bits per heavy atom. The minimum atomic E-state index is -1.19. The minimum absolute atomic E-state index is 0.123. The highest BCUT2D eigenvalue weighted by Gasteiger charge is 2.28. The number of nitrogens with one attached hydrogen (secondary N) is 1. The van der Waals surface area contributed by atoms with Crippen LogP contribution in [0, 0.1) is 5.82 Å². The predicted molar refractivity (Wildman–Crippen MR) is 146 cm³/mol. The highest BCUT2D eigenvalue weighted by atomic mass is 19.1. The van der Waals surface area contributed by atoms with E-state index in [2.05, 4.69) is 22.4 Å². The monoisotopic (exact) mass is 518 g/mol. The zero-order valence-electron chi connectivity index (χ0n) is 21.4. The molecule has 0 fully saturated rings. The Morgan fingerprint density at radius 3 is 2.45 bits per heavy atom. The number of aryl methyl sites for hydroxylation is 1. The molecule has 1 unspecified atom stereocenters. The molecular weight excluding hydrogens is 483 g/mol. The summed E-state index contributed by atoms with van der Waals surface area (Å²) < 4.78 is 19.2. The van der Waals surface area contributed by atoms with Crippen LogP contribution in [0.3, 0.4) is 0 Å². The summed E-state index contributed by atoms with van der Waals surface area (Å²) in [4.78, 5) is 17.4. The smallest absolute Gasteiger partial charge is 0.237 e. The van der Waals surface area contributed by atoms with E-state index in [9.17, 15) is 14.3 Å². The quantitative estimate of drug-likeness (QED) is 0.197. The van der Waals surface area contributed by atoms with Crippen LogP contribution < -0.4 is 16.8 Å². The second-order valence-corrected chi connectivity index (χ2v) is 9.63. The van der Waals surface area contributed by atoms with Crippen molar-refractivity contribution in [3.05, 3.63) is 101 Å². The summed E-state index contributed by atoms with van der Waals surface area (Å²) in [6.45, 7) is 0.540. The van der Waals surface area contributed by atoms with Crippen molar-refractivity contribution in [1.82, 2.24) is 10.3 Å². The topological polar surface area (TPSA) is 127 Å². The maximum absolute atomic E-state index is 13.3. The fourth-order valence-electron chi connectivity index (χ4n) is 4.44. The van der Waals surface area contributed by atoms with Crippen molar-refractivity contribution in [2.75, 3.05) is 6.54 Å². The van der Waals surface area contributed by atoms with Gasteiger partial charge in [0.2, 0.25) is 11.8 Å². The first-order valence-corrected chi connectivity index (χ1v) is 13.0. The SMILES string of the molecule is NCCCC[C@@H](N)C(=O)N[C@H](CCc1ccc(F)cc1)C(O)c1nc2cc(Cc3ccccc3)ccc2o1. The van der Waals surface area contributed by atoms with Crippen molar-refractivity contribution in [2.24, 2.45) is 11.5 Å². The minimum Gasteiger partial charge on any atom is -0.438 e. The van der Waals surface area contributed by atoms with E-state index >= 15 is 0 Å². The van der Waals surface area contributed by atoms with Crippen molar-refractivity contribution in [1.29, 1.82) is 0 Å². The van der Waals surface area contributed by atoms with Crippen molar-refractivity contribution >= 4 is 17.0 Å². The summed E-state index contributed by atoms with van der Waals surface area (Å²) in [5, 5.41) is 14.2. The Balaban J connectivity index is 1.51. The van der Waals surface area contributed by atoms with Gasteiger partial charge in [0.15, 0.2) is 11.7 Å². The number of rotatable bonds is 13. The fourth-order valence-corrected chi connectivity index (χ4v) is 4.44. The number of carbonyl (C=O) groups excluding carboxylic acids is 1. The Morgan fingerprint density at radius 1 is 0.974 bits per heavy atom. The first kappa shape index (κ1) is 27.4. The fraction of sp³-hybridized carbons (Fsp3) is 0.333. The van der Waals surface area contributed by atoms with Gasteiger partial charge in [-0.2, -0.15) is 0 Å². The molecule has 0 bridgehead atoms. The highest BCUT2D eigenvalue weighted by molar-refractivity contribution is 5.81. The summed E-state index contributed by atoms with van der Waals surface area (Å²) in [7, 11) is 0. The van der Waals surface area contributed by atoms with Crippen LogP contribution in [-0.2, 0) is 17.6 Å². The number of unbranched alkanes of at least 4 members (excludes halogenated alkanes) is 1. The standard InChI is InChI=1S/C30H35FN4O3/c31-23-13-9-20(10-14-23)11-15-25(34-29(37)24(33)8-4-5-17-32)28(36)30-35-26-19-22(12-16-27(26)38-30)18-21-6-2-1-3-7-21/h1-3,6-7,9-10,12-14,16,19,24-25,28,36H,4-5,8,11,15,17-18,32-33H2,(H,34,37)/t24-,25-,28?/m1/s1. The molecule has 0 saturated carbocycles. The third-order valence-electron chi connectivity index (χ3n) is 6.64. The molecule has 3 aromatic carbocycles. The Labute approximate surface area is 222 Å². The lowest BCUT2D eigenvalue weighted by Gasteiger charge is -2.24. The molecule has 6 N–H and O–H groups in total. The van der Waals surface area contributed by atoms with Crippen LogP contribution >= 0.6 is 0 Å². The van der Waals surface area contributed by atoms with Gasteiger partial charge < -0.3 is 26.3 Å². The number of nitrogens with two attached hydrogens (primary N) is 2. The molecule has 1 amide bonds. The number of halogens is 1. The summed E-state index contributed by atoms with van der Waals surface area (Å²) in [5.41, 5.74) is 16.0. The number of benzene rings is 3. The number of aliphatic hydroxyl groups is 1. The zero-order chi connectivity index (χ0) is 26.9. The number of hydrogen-bond donors (Lipinski definition) is 4. The average Bonchev–Trinajstić information content (AvgIpc) is 3.35. The van der Waals surface area contributed by atoms with E-state index < -0.39 is 18.2 Å². The second-order valence-electron chi connectivity index (χ2n) is 9.63. The van der Waals surface area contributed by atoms with E-state index in [1.165, 1.54) is 17.7 Å². The van der Waals surface area contributed by atoms with Gasteiger partial charge in [0.25, 0.3) is 0 Å². The van der Waals surface area contributed by atoms with E-state index in [1.54, 1.807) is 12.1 Å². The Hall–Kier alpha value is -3.59. The van der Waals surface area contributed by atoms with E-state index in [4.69, 9.17) is 15.9 Å². The summed E-state index contributed by atoms with van der Waals surface area (Å²) in [6.07, 6.45) is 2.46. The van der Waals surface area contributed by atoms with Gasteiger partial charge in [0.1, 0.15) is 11.3 Å². The molecular formula is C30H35FN4O3.